The van der Waals surface area contributed by atoms with Gasteiger partial charge in [0.2, 0.25) is 0 Å². The molecule has 1 aliphatic heterocycles. The van der Waals surface area contributed by atoms with Crippen LogP contribution in [-0.4, -0.2) is 19.0 Å². The summed E-state index contributed by atoms with van der Waals surface area (Å²) in [7, 11) is 0. The highest BCUT2D eigenvalue weighted by Gasteiger charge is 2.41. The first kappa shape index (κ1) is 14.8. The van der Waals surface area contributed by atoms with Gasteiger partial charge in [-0.3, -0.25) is 4.79 Å². The molecule has 0 amide bonds. The number of rotatable bonds is 4. The third-order valence-corrected chi connectivity index (χ3v) is 5.38. The van der Waals surface area contributed by atoms with Gasteiger partial charge in [-0.15, -0.1) is 0 Å². The van der Waals surface area contributed by atoms with E-state index in [0.29, 0.717) is 11.7 Å². The number of hydrogen-bond acceptors (Lipinski definition) is 2. The van der Waals surface area contributed by atoms with E-state index < -0.39 is 0 Å². The topological polar surface area (TPSA) is 26.3 Å². The van der Waals surface area contributed by atoms with Crippen molar-refractivity contribution in [2.24, 2.45) is 5.92 Å². The van der Waals surface area contributed by atoms with E-state index in [1.165, 1.54) is 24.8 Å². The molecule has 0 atom stereocenters. The van der Waals surface area contributed by atoms with Gasteiger partial charge in [0.15, 0.2) is 0 Å². The molecule has 0 radical (unpaired) electrons. The van der Waals surface area contributed by atoms with Crippen molar-refractivity contribution in [1.82, 2.24) is 0 Å². The predicted molar refractivity (Wildman–Crippen MR) is 84.4 cm³/mol. The summed E-state index contributed by atoms with van der Waals surface area (Å²) >= 11 is 0. The van der Waals surface area contributed by atoms with Crippen molar-refractivity contribution in [1.29, 1.82) is 0 Å². The van der Waals surface area contributed by atoms with E-state index in [-0.39, 0.29) is 5.41 Å². The average Bonchev–Trinajstić information content (AvgIpc) is 2.57. The van der Waals surface area contributed by atoms with Crippen LogP contribution in [0.25, 0.3) is 0 Å². The van der Waals surface area contributed by atoms with Crippen molar-refractivity contribution < 1.29 is 9.53 Å². The van der Waals surface area contributed by atoms with Crippen LogP contribution in [0.3, 0.4) is 0 Å². The van der Waals surface area contributed by atoms with E-state index >= 15 is 0 Å². The van der Waals surface area contributed by atoms with Crippen LogP contribution >= 0.6 is 0 Å². The lowest BCUT2D eigenvalue weighted by Gasteiger charge is -2.38. The van der Waals surface area contributed by atoms with Gasteiger partial charge in [0, 0.05) is 19.6 Å². The zero-order chi connectivity index (χ0) is 14.5. The Hall–Kier alpha value is -1.15. The molecule has 0 bridgehead atoms. The maximum Gasteiger partial charge on any atom is 0.143 e. The largest absolute Gasteiger partial charge is 0.381 e. The number of benzene rings is 1. The van der Waals surface area contributed by atoms with Gasteiger partial charge in [-0.1, -0.05) is 49.6 Å². The molecule has 1 aromatic carbocycles. The van der Waals surface area contributed by atoms with Crippen molar-refractivity contribution >= 4 is 5.78 Å². The zero-order valence-electron chi connectivity index (χ0n) is 12.9. The van der Waals surface area contributed by atoms with Crippen molar-refractivity contribution in [2.75, 3.05) is 13.2 Å². The molecule has 2 aliphatic rings. The van der Waals surface area contributed by atoms with E-state index in [9.17, 15) is 4.79 Å². The molecule has 0 aromatic heterocycles. The molecular weight excluding hydrogens is 260 g/mol. The third kappa shape index (κ3) is 3.21. The predicted octanol–water partition coefficient (Wildman–Crippen LogP) is 4.27. The van der Waals surface area contributed by atoms with Crippen molar-refractivity contribution in [3.05, 3.63) is 35.9 Å². The highest BCUT2D eigenvalue weighted by molar-refractivity contribution is 5.90. The summed E-state index contributed by atoms with van der Waals surface area (Å²) in [4.78, 5) is 13.1. The molecular formula is C19H26O2. The van der Waals surface area contributed by atoms with Gasteiger partial charge in [-0.05, 0) is 37.2 Å². The van der Waals surface area contributed by atoms with E-state index in [1.807, 2.05) is 6.07 Å². The first-order valence-corrected chi connectivity index (χ1v) is 8.48. The fraction of sp³-hybridized carbons (Fsp3) is 0.632. The number of Topliss-reactive ketones (excluding diaryl/α,β-unsaturated/α-hetero) is 1. The van der Waals surface area contributed by atoms with Crippen molar-refractivity contribution in [3.63, 3.8) is 0 Å². The highest BCUT2D eigenvalue weighted by Crippen LogP contribution is 2.42. The fourth-order valence-corrected chi connectivity index (χ4v) is 4.05. The number of carbonyl (C=O) groups is 1. The summed E-state index contributed by atoms with van der Waals surface area (Å²) in [6.07, 6.45) is 8.59. The Morgan fingerprint density at radius 3 is 2.38 bits per heavy atom. The van der Waals surface area contributed by atoms with Gasteiger partial charge in [-0.2, -0.15) is 0 Å². The smallest absolute Gasteiger partial charge is 0.143 e. The minimum absolute atomic E-state index is 0.197. The maximum absolute atomic E-state index is 13.1. The van der Waals surface area contributed by atoms with Crippen LogP contribution in [0.1, 0.15) is 56.9 Å². The second-order valence-electron chi connectivity index (χ2n) is 6.69. The first-order valence-electron chi connectivity index (χ1n) is 8.48. The molecule has 1 aromatic rings. The molecule has 114 valence electrons. The summed E-state index contributed by atoms with van der Waals surface area (Å²) in [5.41, 5.74) is 1.06. The third-order valence-electron chi connectivity index (χ3n) is 5.38. The maximum atomic E-state index is 13.1. The Morgan fingerprint density at radius 1 is 1.05 bits per heavy atom. The molecule has 0 unspecified atom stereocenters. The second kappa shape index (κ2) is 6.74. The Morgan fingerprint density at radius 2 is 1.71 bits per heavy atom. The highest BCUT2D eigenvalue weighted by atomic mass is 16.5. The summed E-state index contributed by atoms with van der Waals surface area (Å²) in [6, 6.07) is 10.5. The van der Waals surface area contributed by atoms with Gasteiger partial charge in [0.05, 0.1) is 5.41 Å². The molecule has 1 aliphatic carbocycles. The van der Waals surface area contributed by atoms with Crippen LogP contribution in [0.15, 0.2) is 30.3 Å². The summed E-state index contributed by atoms with van der Waals surface area (Å²) in [5, 5.41) is 0. The van der Waals surface area contributed by atoms with Gasteiger partial charge < -0.3 is 4.74 Å². The fourth-order valence-electron chi connectivity index (χ4n) is 4.05. The summed E-state index contributed by atoms with van der Waals surface area (Å²) in [6.45, 7) is 1.66. The monoisotopic (exact) mass is 286 g/mol. The quantitative estimate of drug-likeness (QED) is 0.826. The van der Waals surface area contributed by atoms with E-state index in [0.717, 1.165) is 45.3 Å². The van der Waals surface area contributed by atoms with E-state index in [1.54, 1.807) is 0 Å². The van der Waals surface area contributed by atoms with Crippen LogP contribution in [0.4, 0.5) is 0 Å². The van der Waals surface area contributed by atoms with Crippen LogP contribution < -0.4 is 0 Å². The van der Waals surface area contributed by atoms with Gasteiger partial charge in [-0.25, -0.2) is 0 Å². The number of ether oxygens (including phenoxy) is 1. The lowest BCUT2D eigenvalue weighted by molar-refractivity contribution is -0.127. The zero-order valence-corrected chi connectivity index (χ0v) is 12.9. The Balaban J connectivity index is 1.79. The second-order valence-corrected chi connectivity index (χ2v) is 6.69. The number of hydrogen-bond donors (Lipinski definition) is 0. The Bertz CT molecular complexity index is 454. The van der Waals surface area contributed by atoms with Crippen LogP contribution in [0.5, 0.6) is 0 Å². The number of carbonyl (C=O) groups excluding carboxylic acids is 1. The SMILES string of the molecule is O=C(CC1CCOCC1)C1(c2ccccc2)CCCCC1. The van der Waals surface area contributed by atoms with Gasteiger partial charge in [0.25, 0.3) is 0 Å². The van der Waals surface area contributed by atoms with Gasteiger partial charge in [0.1, 0.15) is 5.78 Å². The standard InChI is InChI=1S/C19H26O2/c20-18(15-16-9-13-21-14-10-16)19(11-5-2-6-12-19)17-7-3-1-4-8-17/h1,3-4,7-8,16H,2,5-6,9-15H2. The van der Waals surface area contributed by atoms with E-state index in [2.05, 4.69) is 24.3 Å². The van der Waals surface area contributed by atoms with Crippen LogP contribution in [-0.2, 0) is 14.9 Å². The Labute approximate surface area is 127 Å². The minimum atomic E-state index is -0.197. The minimum Gasteiger partial charge on any atom is -0.381 e. The molecule has 0 spiro atoms. The van der Waals surface area contributed by atoms with Gasteiger partial charge >= 0.3 is 0 Å². The molecule has 1 saturated heterocycles. The van der Waals surface area contributed by atoms with Crippen molar-refractivity contribution in [3.8, 4) is 0 Å². The lowest BCUT2D eigenvalue weighted by atomic mass is 9.65. The molecule has 1 heterocycles. The molecule has 2 heteroatoms. The Kier molecular flexibility index (Phi) is 4.74. The number of ketones is 1. The van der Waals surface area contributed by atoms with E-state index in [4.69, 9.17) is 4.74 Å². The molecule has 2 fully saturated rings. The van der Waals surface area contributed by atoms with Crippen LogP contribution in [0, 0.1) is 5.92 Å². The summed E-state index contributed by atoms with van der Waals surface area (Å²) < 4.78 is 5.43. The molecule has 3 rings (SSSR count). The summed E-state index contributed by atoms with van der Waals surface area (Å²) in [5.74, 6) is 1.02. The van der Waals surface area contributed by atoms with Crippen molar-refractivity contribution in [2.45, 2.75) is 56.8 Å². The average molecular weight is 286 g/mol. The lowest BCUT2D eigenvalue weighted by Crippen LogP contribution is -2.39. The van der Waals surface area contributed by atoms with Crippen LogP contribution in [0.2, 0.25) is 0 Å². The molecule has 0 N–H and O–H groups in total. The molecule has 1 saturated carbocycles. The first-order chi connectivity index (χ1) is 10.3. The molecule has 21 heavy (non-hydrogen) atoms. The normalized spacial score (nSPS) is 22.9. The molecule has 2 nitrogen and oxygen atoms in total.